The number of hydrogen-bond acceptors (Lipinski definition) is 4. The fourth-order valence-electron chi connectivity index (χ4n) is 2.85. The maximum atomic E-state index is 12.4. The monoisotopic (exact) mass is 249 g/mol. The third-order valence-electron chi connectivity index (χ3n) is 3.94. The number of carbonyl (C=O) groups excluding carboxylic acids is 1. The topological polar surface area (TPSA) is 63.9 Å². The Balaban J connectivity index is 1.70. The van der Waals surface area contributed by atoms with Crippen LogP contribution in [0.4, 0.5) is 0 Å². The van der Waals surface area contributed by atoms with Crippen LogP contribution in [0.5, 0.6) is 0 Å². The van der Waals surface area contributed by atoms with Crippen LogP contribution >= 0.6 is 0 Å². The van der Waals surface area contributed by atoms with Gasteiger partial charge in [0, 0.05) is 12.1 Å². The summed E-state index contributed by atoms with van der Waals surface area (Å²) < 4.78 is 1.59. The molecule has 1 aromatic heterocycles. The SMILES string of the molecule is Cc1nnnn1CC(=O)N(C1CCCC1)C1CC1. The van der Waals surface area contributed by atoms with E-state index < -0.39 is 0 Å². The Hall–Kier alpha value is -1.46. The minimum atomic E-state index is 0.180. The molecule has 0 radical (unpaired) electrons. The quantitative estimate of drug-likeness (QED) is 0.795. The Morgan fingerprint density at radius 3 is 2.50 bits per heavy atom. The van der Waals surface area contributed by atoms with Gasteiger partial charge in [-0.05, 0) is 43.0 Å². The highest BCUT2D eigenvalue weighted by molar-refractivity contribution is 5.77. The van der Waals surface area contributed by atoms with E-state index in [-0.39, 0.29) is 12.5 Å². The summed E-state index contributed by atoms with van der Waals surface area (Å²) in [6.45, 7) is 2.11. The van der Waals surface area contributed by atoms with Crippen LogP contribution in [0.2, 0.25) is 0 Å². The van der Waals surface area contributed by atoms with Crippen molar-refractivity contribution >= 4 is 5.91 Å². The van der Waals surface area contributed by atoms with Crippen molar-refractivity contribution in [1.82, 2.24) is 25.1 Å². The molecule has 2 saturated carbocycles. The molecule has 2 fully saturated rings. The van der Waals surface area contributed by atoms with E-state index in [4.69, 9.17) is 0 Å². The lowest BCUT2D eigenvalue weighted by Crippen LogP contribution is -2.42. The largest absolute Gasteiger partial charge is 0.335 e. The zero-order valence-electron chi connectivity index (χ0n) is 10.7. The average molecular weight is 249 g/mol. The van der Waals surface area contributed by atoms with Gasteiger partial charge in [0.25, 0.3) is 0 Å². The molecular weight excluding hydrogens is 230 g/mol. The smallest absolute Gasteiger partial charge is 0.244 e. The summed E-state index contributed by atoms with van der Waals surface area (Å²) in [6.07, 6.45) is 7.16. The zero-order valence-corrected chi connectivity index (χ0v) is 10.7. The summed E-state index contributed by atoms with van der Waals surface area (Å²) in [4.78, 5) is 14.6. The normalized spacial score (nSPS) is 20.3. The van der Waals surface area contributed by atoms with E-state index in [1.165, 1.54) is 12.8 Å². The third-order valence-corrected chi connectivity index (χ3v) is 3.94. The van der Waals surface area contributed by atoms with Crippen LogP contribution in [0.25, 0.3) is 0 Å². The van der Waals surface area contributed by atoms with Crippen LogP contribution in [-0.2, 0) is 11.3 Å². The Morgan fingerprint density at radius 2 is 1.94 bits per heavy atom. The fraction of sp³-hybridized carbons (Fsp3) is 0.833. The molecule has 98 valence electrons. The lowest BCUT2D eigenvalue weighted by atomic mass is 10.2. The van der Waals surface area contributed by atoms with E-state index in [1.807, 2.05) is 6.92 Å². The van der Waals surface area contributed by atoms with Crippen LogP contribution in [0, 0.1) is 6.92 Å². The summed E-state index contributed by atoms with van der Waals surface area (Å²) in [7, 11) is 0. The van der Waals surface area contributed by atoms with E-state index in [0.717, 1.165) is 25.7 Å². The summed E-state index contributed by atoms with van der Waals surface area (Å²) in [6, 6.07) is 0.944. The lowest BCUT2D eigenvalue weighted by Gasteiger charge is -2.29. The Kier molecular flexibility index (Phi) is 3.01. The highest BCUT2D eigenvalue weighted by atomic mass is 16.2. The van der Waals surface area contributed by atoms with Gasteiger partial charge in [0.05, 0.1) is 0 Å². The van der Waals surface area contributed by atoms with Crippen molar-refractivity contribution in [2.45, 2.75) is 64.1 Å². The number of tetrazole rings is 1. The summed E-state index contributed by atoms with van der Waals surface area (Å²) in [5.74, 6) is 0.880. The molecule has 0 atom stereocenters. The van der Waals surface area contributed by atoms with Gasteiger partial charge in [-0.3, -0.25) is 4.79 Å². The molecule has 0 saturated heterocycles. The minimum Gasteiger partial charge on any atom is -0.335 e. The van der Waals surface area contributed by atoms with Gasteiger partial charge in [0.1, 0.15) is 12.4 Å². The molecule has 18 heavy (non-hydrogen) atoms. The molecule has 0 N–H and O–H groups in total. The zero-order chi connectivity index (χ0) is 12.5. The second-order valence-corrected chi connectivity index (χ2v) is 5.35. The van der Waals surface area contributed by atoms with Crippen molar-refractivity contribution in [1.29, 1.82) is 0 Å². The maximum Gasteiger partial charge on any atom is 0.244 e. The summed E-state index contributed by atoms with van der Waals surface area (Å²) in [5.41, 5.74) is 0. The predicted molar refractivity (Wildman–Crippen MR) is 64.7 cm³/mol. The van der Waals surface area contributed by atoms with Crippen molar-refractivity contribution < 1.29 is 4.79 Å². The average Bonchev–Trinajstić information content (AvgIpc) is 2.85. The second-order valence-electron chi connectivity index (χ2n) is 5.35. The van der Waals surface area contributed by atoms with Gasteiger partial charge in [-0.2, -0.15) is 0 Å². The molecule has 0 unspecified atom stereocenters. The molecule has 0 aromatic carbocycles. The van der Waals surface area contributed by atoms with Gasteiger partial charge in [-0.25, -0.2) is 4.68 Å². The molecule has 0 aliphatic heterocycles. The second kappa shape index (κ2) is 4.66. The van der Waals surface area contributed by atoms with Crippen LogP contribution in [0.1, 0.15) is 44.3 Å². The number of rotatable bonds is 4. The van der Waals surface area contributed by atoms with Gasteiger partial charge >= 0.3 is 0 Å². The molecular formula is C12H19N5O. The molecule has 1 heterocycles. The molecule has 0 bridgehead atoms. The first kappa shape index (κ1) is 11.6. The number of carbonyl (C=O) groups is 1. The minimum absolute atomic E-state index is 0.180. The van der Waals surface area contributed by atoms with Gasteiger partial charge in [-0.15, -0.1) is 5.10 Å². The van der Waals surface area contributed by atoms with Gasteiger partial charge < -0.3 is 4.90 Å². The first-order valence-electron chi connectivity index (χ1n) is 6.79. The molecule has 1 amide bonds. The molecule has 2 aliphatic carbocycles. The van der Waals surface area contributed by atoms with Gasteiger partial charge in [0.15, 0.2) is 0 Å². The van der Waals surface area contributed by atoms with Gasteiger partial charge in [-0.1, -0.05) is 12.8 Å². The lowest BCUT2D eigenvalue weighted by molar-refractivity contribution is -0.135. The Labute approximate surface area is 106 Å². The Morgan fingerprint density at radius 1 is 1.28 bits per heavy atom. The first-order chi connectivity index (χ1) is 8.75. The van der Waals surface area contributed by atoms with Crippen LogP contribution in [0.15, 0.2) is 0 Å². The van der Waals surface area contributed by atoms with Crippen molar-refractivity contribution in [3.05, 3.63) is 5.82 Å². The van der Waals surface area contributed by atoms with Crippen molar-refractivity contribution in [2.24, 2.45) is 0 Å². The molecule has 2 aliphatic rings. The molecule has 6 heteroatoms. The van der Waals surface area contributed by atoms with E-state index in [0.29, 0.717) is 17.9 Å². The maximum absolute atomic E-state index is 12.4. The number of nitrogens with zero attached hydrogens (tertiary/aromatic N) is 5. The van der Waals surface area contributed by atoms with Crippen LogP contribution in [-0.4, -0.2) is 43.1 Å². The highest BCUT2D eigenvalue weighted by Crippen LogP contribution is 2.34. The van der Waals surface area contributed by atoms with Gasteiger partial charge in [0.2, 0.25) is 5.91 Å². The van der Waals surface area contributed by atoms with Crippen LogP contribution in [0.3, 0.4) is 0 Å². The van der Waals surface area contributed by atoms with Crippen molar-refractivity contribution in [3.63, 3.8) is 0 Å². The van der Waals surface area contributed by atoms with Crippen LogP contribution < -0.4 is 0 Å². The molecule has 6 nitrogen and oxygen atoms in total. The van der Waals surface area contributed by atoms with E-state index in [1.54, 1.807) is 4.68 Å². The third kappa shape index (κ3) is 2.23. The predicted octanol–water partition coefficient (Wildman–Crippen LogP) is 0.915. The standard InChI is InChI=1S/C12H19N5O/c1-9-13-14-15-16(9)8-12(18)17(11-6-7-11)10-4-2-3-5-10/h10-11H,2-8H2,1H3. The molecule has 1 aromatic rings. The summed E-state index contributed by atoms with van der Waals surface area (Å²) >= 11 is 0. The number of aryl methyl sites for hydroxylation is 1. The van der Waals surface area contributed by atoms with E-state index in [9.17, 15) is 4.79 Å². The first-order valence-corrected chi connectivity index (χ1v) is 6.79. The molecule has 3 rings (SSSR count). The number of aromatic nitrogens is 4. The van der Waals surface area contributed by atoms with Crippen molar-refractivity contribution in [2.75, 3.05) is 0 Å². The Bertz CT molecular complexity index is 433. The molecule has 0 spiro atoms. The van der Waals surface area contributed by atoms with E-state index >= 15 is 0 Å². The highest BCUT2D eigenvalue weighted by Gasteiger charge is 2.38. The fourth-order valence-corrected chi connectivity index (χ4v) is 2.85. The number of hydrogen-bond donors (Lipinski definition) is 0. The number of amides is 1. The van der Waals surface area contributed by atoms with Crippen molar-refractivity contribution in [3.8, 4) is 0 Å². The summed E-state index contributed by atoms with van der Waals surface area (Å²) in [5, 5.41) is 11.3. The van der Waals surface area contributed by atoms with E-state index in [2.05, 4.69) is 20.4 Å².